The summed E-state index contributed by atoms with van der Waals surface area (Å²) in [5.74, 6) is 0.0803. The molecule has 1 amide bonds. The largest absolute Gasteiger partial charge is 0.444 e. The van der Waals surface area contributed by atoms with Gasteiger partial charge in [0.2, 0.25) is 0 Å². The maximum atomic E-state index is 14.1. The van der Waals surface area contributed by atoms with Gasteiger partial charge in [0.25, 0.3) is 0 Å². The van der Waals surface area contributed by atoms with E-state index in [4.69, 9.17) is 10.5 Å². The SMILES string of the molecule is CC(C)(C)OC(=O)N1CCC(c2c(F)cnc(N)c2I)CC1. The van der Waals surface area contributed by atoms with Crippen LogP contribution in [0.25, 0.3) is 0 Å². The molecule has 1 fully saturated rings. The third kappa shape index (κ3) is 3.99. The quantitative estimate of drug-likeness (QED) is 0.705. The first-order chi connectivity index (χ1) is 10.2. The normalized spacial score (nSPS) is 16.7. The second-order valence-corrected chi connectivity index (χ2v) is 7.54. The molecule has 7 heteroatoms. The van der Waals surface area contributed by atoms with E-state index in [1.54, 1.807) is 4.90 Å². The lowest BCUT2D eigenvalue weighted by molar-refractivity contribution is 0.0204. The van der Waals surface area contributed by atoms with Crippen LogP contribution in [0.3, 0.4) is 0 Å². The van der Waals surface area contributed by atoms with Gasteiger partial charge in [-0.15, -0.1) is 0 Å². The Labute approximate surface area is 143 Å². The van der Waals surface area contributed by atoms with Crippen LogP contribution in [0.2, 0.25) is 0 Å². The smallest absolute Gasteiger partial charge is 0.410 e. The van der Waals surface area contributed by atoms with Gasteiger partial charge in [-0.2, -0.15) is 0 Å². The number of pyridine rings is 1. The number of carbonyl (C=O) groups excluding carboxylic acids is 1. The fourth-order valence-corrected chi connectivity index (χ4v) is 3.38. The number of nitrogen functional groups attached to an aromatic ring is 1. The van der Waals surface area contributed by atoms with Gasteiger partial charge in [0.05, 0.1) is 9.77 Å². The van der Waals surface area contributed by atoms with Gasteiger partial charge >= 0.3 is 6.09 Å². The number of hydrogen-bond acceptors (Lipinski definition) is 4. The number of likely N-dealkylation sites (tertiary alicyclic amines) is 1. The van der Waals surface area contributed by atoms with Gasteiger partial charge in [-0.05, 0) is 62.1 Å². The summed E-state index contributed by atoms with van der Waals surface area (Å²) in [6, 6.07) is 0. The fourth-order valence-electron chi connectivity index (χ4n) is 2.55. The molecule has 122 valence electrons. The molecule has 0 unspecified atom stereocenters. The summed E-state index contributed by atoms with van der Waals surface area (Å²) >= 11 is 2.04. The molecule has 1 aromatic rings. The Morgan fingerprint density at radius 3 is 2.59 bits per heavy atom. The Morgan fingerprint density at radius 2 is 2.05 bits per heavy atom. The van der Waals surface area contributed by atoms with Crippen LogP contribution < -0.4 is 5.73 Å². The van der Waals surface area contributed by atoms with Crippen molar-refractivity contribution in [3.05, 3.63) is 21.1 Å². The van der Waals surface area contributed by atoms with Gasteiger partial charge < -0.3 is 15.4 Å². The number of nitrogens with two attached hydrogens (primary N) is 1. The molecule has 1 aliphatic rings. The van der Waals surface area contributed by atoms with E-state index in [1.165, 1.54) is 6.20 Å². The third-order valence-electron chi connectivity index (χ3n) is 3.59. The molecule has 2 heterocycles. The number of nitrogens with zero attached hydrogens (tertiary/aromatic N) is 2. The molecule has 1 aliphatic heterocycles. The molecule has 0 radical (unpaired) electrons. The van der Waals surface area contributed by atoms with Gasteiger partial charge in [0, 0.05) is 18.7 Å². The Morgan fingerprint density at radius 1 is 1.45 bits per heavy atom. The van der Waals surface area contributed by atoms with E-state index < -0.39 is 5.60 Å². The molecule has 22 heavy (non-hydrogen) atoms. The average molecular weight is 421 g/mol. The monoisotopic (exact) mass is 421 g/mol. The Kier molecular flexibility index (Phi) is 5.14. The van der Waals surface area contributed by atoms with Crippen molar-refractivity contribution in [3.8, 4) is 0 Å². The van der Waals surface area contributed by atoms with E-state index >= 15 is 0 Å². The van der Waals surface area contributed by atoms with Crippen LogP contribution in [-0.4, -0.2) is 34.7 Å². The molecule has 1 saturated heterocycles. The molecular formula is C15H21FIN3O2. The molecule has 0 bridgehead atoms. The predicted octanol–water partition coefficient (Wildman–Crippen LogP) is 3.52. The summed E-state index contributed by atoms with van der Waals surface area (Å²) in [5.41, 5.74) is 5.89. The van der Waals surface area contributed by atoms with Crippen LogP contribution in [-0.2, 0) is 4.74 Å². The maximum absolute atomic E-state index is 14.1. The van der Waals surface area contributed by atoms with Gasteiger partial charge in [-0.1, -0.05) is 0 Å². The number of ether oxygens (including phenoxy) is 1. The third-order valence-corrected chi connectivity index (χ3v) is 4.72. The van der Waals surface area contributed by atoms with Gasteiger partial charge in [0.15, 0.2) is 0 Å². The molecule has 2 N–H and O–H groups in total. The van der Waals surface area contributed by atoms with Crippen LogP contribution >= 0.6 is 22.6 Å². The lowest BCUT2D eigenvalue weighted by atomic mass is 9.89. The zero-order valence-electron chi connectivity index (χ0n) is 13.0. The number of carbonyl (C=O) groups is 1. The van der Waals surface area contributed by atoms with E-state index in [2.05, 4.69) is 4.98 Å². The van der Waals surface area contributed by atoms with E-state index in [-0.39, 0.29) is 17.8 Å². The summed E-state index contributed by atoms with van der Waals surface area (Å²) in [6.45, 7) is 6.63. The molecule has 0 spiro atoms. The first-order valence-corrected chi connectivity index (χ1v) is 8.34. The van der Waals surface area contributed by atoms with E-state index in [9.17, 15) is 9.18 Å². The molecule has 0 aromatic carbocycles. The van der Waals surface area contributed by atoms with Crippen molar-refractivity contribution in [3.63, 3.8) is 0 Å². The van der Waals surface area contributed by atoms with Crippen molar-refractivity contribution in [1.29, 1.82) is 0 Å². The summed E-state index contributed by atoms with van der Waals surface area (Å²) in [6.07, 6.45) is 2.24. The second-order valence-electron chi connectivity index (χ2n) is 6.46. The second kappa shape index (κ2) is 6.55. The van der Waals surface area contributed by atoms with E-state index in [0.29, 0.717) is 40.9 Å². The summed E-state index contributed by atoms with van der Waals surface area (Å²) in [4.78, 5) is 17.5. The van der Waals surface area contributed by atoms with Gasteiger partial charge in [-0.25, -0.2) is 14.2 Å². The Balaban J connectivity index is 2.04. The molecule has 1 aromatic heterocycles. The van der Waals surface area contributed by atoms with Crippen LogP contribution in [0.4, 0.5) is 15.0 Å². The first kappa shape index (κ1) is 17.2. The van der Waals surface area contributed by atoms with Crippen LogP contribution in [0.15, 0.2) is 6.20 Å². The van der Waals surface area contributed by atoms with Crippen molar-refractivity contribution < 1.29 is 13.9 Å². The van der Waals surface area contributed by atoms with Crippen molar-refractivity contribution in [2.75, 3.05) is 18.8 Å². The average Bonchev–Trinajstić information content (AvgIpc) is 2.42. The van der Waals surface area contributed by atoms with E-state index in [1.807, 2.05) is 43.4 Å². The van der Waals surface area contributed by atoms with Crippen LogP contribution in [0.5, 0.6) is 0 Å². The zero-order chi connectivity index (χ0) is 16.5. The standard InChI is InChI=1S/C15H21FIN3O2/c1-15(2,3)22-14(21)20-6-4-9(5-7-20)11-10(16)8-19-13(18)12(11)17/h8-9H,4-7H2,1-3H3,(H2,18,19). The van der Waals surface area contributed by atoms with Crippen molar-refractivity contribution >= 4 is 34.5 Å². The van der Waals surface area contributed by atoms with Gasteiger partial charge in [0.1, 0.15) is 17.2 Å². The highest BCUT2D eigenvalue weighted by atomic mass is 127. The zero-order valence-corrected chi connectivity index (χ0v) is 15.2. The molecule has 0 atom stereocenters. The highest BCUT2D eigenvalue weighted by molar-refractivity contribution is 14.1. The van der Waals surface area contributed by atoms with Crippen LogP contribution in [0.1, 0.15) is 45.1 Å². The lowest BCUT2D eigenvalue weighted by Crippen LogP contribution is -2.41. The number of hydrogen-bond donors (Lipinski definition) is 1. The molecule has 2 rings (SSSR count). The molecule has 0 aliphatic carbocycles. The first-order valence-electron chi connectivity index (χ1n) is 7.26. The summed E-state index contributed by atoms with van der Waals surface area (Å²) < 4.78 is 20.1. The summed E-state index contributed by atoms with van der Waals surface area (Å²) in [7, 11) is 0. The highest BCUT2D eigenvalue weighted by Crippen LogP contribution is 2.34. The number of rotatable bonds is 1. The maximum Gasteiger partial charge on any atom is 0.410 e. The van der Waals surface area contributed by atoms with Crippen LogP contribution in [0, 0.1) is 9.39 Å². The topological polar surface area (TPSA) is 68.5 Å². The van der Waals surface area contributed by atoms with E-state index in [0.717, 1.165) is 0 Å². The Hall–Kier alpha value is -1.12. The number of piperidine rings is 1. The molecule has 5 nitrogen and oxygen atoms in total. The fraction of sp³-hybridized carbons (Fsp3) is 0.600. The minimum Gasteiger partial charge on any atom is -0.444 e. The van der Waals surface area contributed by atoms with Crippen molar-refractivity contribution in [1.82, 2.24) is 9.88 Å². The number of aromatic nitrogens is 1. The van der Waals surface area contributed by atoms with Crippen molar-refractivity contribution in [2.45, 2.75) is 45.1 Å². The Bertz CT molecular complexity index is 567. The number of halogens is 2. The minimum absolute atomic E-state index is 0.0517. The number of amides is 1. The molecule has 0 saturated carbocycles. The summed E-state index contributed by atoms with van der Waals surface area (Å²) in [5, 5.41) is 0. The minimum atomic E-state index is -0.505. The van der Waals surface area contributed by atoms with Crippen molar-refractivity contribution in [2.24, 2.45) is 0 Å². The highest BCUT2D eigenvalue weighted by Gasteiger charge is 2.30. The van der Waals surface area contributed by atoms with Gasteiger partial charge in [-0.3, -0.25) is 0 Å². The molecular weight excluding hydrogens is 400 g/mol. The lowest BCUT2D eigenvalue weighted by Gasteiger charge is -2.34. The number of anilines is 1. The predicted molar refractivity (Wildman–Crippen MR) is 91.1 cm³/mol.